The fraction of sp³-hybridized carbons (Fsp3) is 0.125. The quantitative estimate of drug-likeness (QED) is 0.709. The summed E-state index contributed by atoms with van der Waals surface area (Å²) in [7, 11) is 0. The van der Waals surface area contributed by atoms with E-state index in [1.807, 2.05) is 17.5 Å². The Labute approximate surface area is 141 Å². The van der Waals surface area contributed by atoms with Crippen LogP contribution in [0.5, 0.6) is 0 Å². The number of amides is 1. The normalized spacial score (nSPS) is 10.3. The van der Waals surface area contributed by atoms with Gasteiger partial charge in [0.2, 0.25) is 5.89 Å². The molecule has 3 aromatic rings. The van der Waals surface area contributed by atoms with Crippen LogP contribution in [0, 0.1) is 12.3 Å². The predicted molar refractivity (Wildman–Crippen MR) is 88.6 cm³/mol. The van der Waals surface area contributed by atoms with Crippen LogP contribution in [0.3, 0.4) is 0 Å². The molecule has 0 aliphatic heterocycles. The van der Waals surface area contributed by atoms with E-state index in [2.05, 4.69) is 21.4 Å². The van der Waals surface area contributed by atoms with E-state index in [4.69, 9.17) is 10.8 Å². The number of terminal acetylenes is 1. The number of carbonyl (C=O) groups is 1. The fourth-order valence-electron chi connectivity index (χ4n) is 1.99. The highest BCUT2D eigenvalue weighted by Crippen LogP contribution is 2.22. The fourth-order valence-corrected chi connectivity index (χ4v) is 2.63. The van der Waals surface area contributed by atoms with Gasteiger partial charge in [0.1, 0.15) is 6.54 Å². The molecule has 3 rings (SSSR count). The van der Waals surface area contributed by atoms with E-state index in [1.165, 1.54) is 34.2 Å². The van der Waals surface area contributed by atoms with Crippen molar-refractivity contribution in [2.24, 2.45) is 0 Å². The highest BCUT2D eigenvalue weighted by molar-refractivity contribution is 7.13. The molecule has 3 heterocycles. The van der Waals surface area contributed by atoms with Crippen molar-refractivity contribution in [3.05, 3.63) is 57.7 Å². The van der Waals surface area contributed by atoms with E-state index in [9.17, 15) is 9.59 Å². The molecule has 120 valence electrons. The van der Waals surface area contributed by atoms with Crippen molar-refractivity contribution >= 4 is 17.2 Å². The molecular weight excluding hydrogens is 328 g/mol. The number of carbonyl (C=O) groups excluding carboxylic acids is 1. The van der Waals surface area contributed by atoms with Crippen LogP contribution in [0.4, 0.5) is 0 Å². The Bertz CT molecular complexity index is 950. The van der Waals surface area contributed by atoms with Gasteiger partial charge in [0.15, 0.2) is 0 Å². The molecule has 0 aliphatic carbocycles. The van der Waals surface area contributed by atoms with Crippen LogP contribution in [0.15, 0.2) is 45.1 Å². The monoisotopic (exact) mass is 340 g/mol. The molecule has 0 spiro atoms. The lowest BCUT2D eigenvalue weighted by Gasteiger charge is -2.06. The average Bonchev–Trinajstić information content (AvgIpc) is 3.25. The first-order valence-corrected chi connectivity index (χ1v) is 7.84. The Balaban J connectivity index is 1.81. The molecule has 3 aromatic heterocycles. The molecule has 0 bridgehead atoms. The number of aromatic nitrogens is 3. The minimum atomic E-state index is -0.355. The van der Waals surface area contributed by atoms with E-state index in [0.29, 0.717) is 11.5 Å². The van der Waals surface area contributed by atoms with Gasteiger partial charge in [-0.25, -0.2) is 0 Å². The standard InChI is InChI=1S/C16H12N4O3S/c1-2-7-17-15(22)11-5-6-14(21)20(9-11)10-13-18-19-16(23-13)12-4-3-8-24-12/h1,3-6,8-9H,7,10H2,(H,17,22). The lowest BCUT2D eigenvalue weighted by Crippen LogP contribution is -2.27. The Kier molecular flexibility index (Phi) is 4.54. The van der Waals surface area contributed by atoms with Crippen LogP contribution >= 0.6 is 11.3 Å². The molecule has 0 saturated carbocycles. The molecule has 1 amide bonds. The molecule has 1 N–H and O–H groups in total. The molecule has 0 saturated heterocycles. The number of thiophene rings is 1. The van der Waals surface area contributed by atoms with Crippen molar-refractivity contribution in [1.29, 1.82) is 0 Å². The third-order valence-corrected chi connectivity index (χ3v) is 3.96. The molecule has 0 radical (unpaired) electrons. The van der Waals surface area contributed by atoms with Gasteiger partial charge in [-0.15, -0.1) is 28.0 Å². The molecule has 0 aromatic carbocycles. The second-order valence-electron chi connectivity index (χ2n) is 4.75. The molecule has 0 fully saturated rings. The molecule has 0 atom stereocenters. The van der Waals surface area contributed by atoms with Gasteiger partial charge in [0.25, 0.3) is 17.4 Å². The van der Waals surface area contributed by atoms with Gasteiger partial charge >= 0.3 is 0 Å². The summed E-state index contributed by atoms with van der Waals surface area (Å²) in [6.07, 6.45) is 6.54. The number of hydrogen-bond donors (Lipinski definition) is 1. The first-order chi connectivity index (χ1) is 11.7. The van der Waals surface area contributed by atoms with Crippen LogP contribution in [-0.4, -0.2) is 27.2 Å². The number of hydrogen-bond acceptors (Lipinski definition) is 6. The van der Waals surface area contributed by atoms with Crippen LogP contribution in [-0.2, 0) is 6.54 Å². The smallest absolute Gasteiger partial charge is 0.257 e. The van der Waals surface area contributed by atoms with Gasteiger partial charge < -0.3 is 14.3 Å². The Hall–Kier alpha value is -3.18. The largest absolute Gasteiger partial charge is 0.418 e. The second kappa shape index (κ2) is 6.93. The number of nitrogens with zero attached hydrogens (tertiary/aromatic N) is 3. The zero-order chi connectivity index (χ0) is 16.9. The van der Waals surface area contributed by atoms with Gasteiger partial charge in [-0.1, -0.05) is 12.0 Å². The summed E-state index contributed by atoms with van der Waals surface area (Å²) in [5, 5.41) is 12.3. The molecule has 0 unspecified atom stereocenters. The first-order valence-electron chi connectivity index (χ1n) is 6.96. The average molecular weight is 340 g/mol. The van der Waals surface area contributed by atoms with Gasteiger partial charge in [-0.05, 0) is 17.5 Å². The van der Waals surface area contributed by atoms with Gasteiger partial charge in [-0.2, -0.15) is 0 Å². The molecular formula is C16H12N4O3S. The highest BCUT2D eigenvalue weighted by atomic mass is 32.1. The number of rotatable bonds is 5. The minimum Gasteiger partial charge on any atom is -0.418 e. The maximum atomic E-state index is 12.0. The van der Waals surface area contributed by atoms with Gasteiger partial charge in [0.05, 0.1) is 17.0 Å². The zero-order valence-corrected chi connectivity index (χ0v) is 13.2. The SMILES string of the molecule is C#CCNC(=O)c1ccc(=O)n(Cc2nnc(-c3cccs3)o2)c1. The lowest BCUT2D eigenvalue weighted by molar-refractivity contribution is 0.0958. The molecule has 24 heavy (non-hydrogen) atoms. The van der Waals surface area contributed by atoms with E-state index < -0.39 is 0 Å². The summed E-state index contributed by atoms with van der Waals surface area (Å²) in [5.74, 6) is 2.64. The highest BCUT2D eigenvalue weighted by Gasteiger charge is 2.12. The van der Waals surface area contributed by atoms with Crippen molar-refractivity contribution in [2.45, 2.75) is 6.54 Å². The van der Waals surface area contributed by atoms with E-state index in [1.54, 1.807) is 0 Å². The van der Waals surface area contributed by atoms with Crippen LogP contribution in [0.2, 0.25) is 0 Å². The van der Waals surface area contributed by atoms with Crippen LogP contribution < -0.4 is 10.9 Å². The summed E-state index contributed by atoms with van der Waals surface area (Å²) in [6, 6.07) is 6.49. The summed E-state index contributed by atoms with van der Waals surface area (Å²) >= 11 is 1.48. The van der Waals surface area contributed by atoms with E-state index in [0.717, 1.165) is 4.88 Å². The summed E-state index contributed by atoms with van der Waals surface area (Å²) in [4.78, 5) is 24.7. The Morgan fingerprint density at radius 2 is 2.25 bits per heavy atom. The van der Waals surface area contributed by atoms with Crippen LogP contribution in [0.1, 0.15) is 16.2 Å². The van der Waals surface area contributed by atoms with Gasteiger partial charge in [-0.3, -0.25) is 9.59 Å². The number of pyridine rings is 1. The second-order valence-corrected chi connectivity index (χ2v) is 5.70. The van der Waals surface area contributed by atoms with Crippen molar-refractivity contribution in [3.8, 4) is 23.1 Å². The lowest BCUT2D eigenvalue weighted by atomic mass is 10.2. The van der Waals surface area contributed by atoms with Crippen molar-refractivity contribution in [2.75, 3.05) is 6.54 Å². The van der Waals surface area contributed by atoms with E-state index in [-0.39, 0.29) is 30.4 Å². The van der Waals surface area contributed by atoms with Gasteiger partial charge in [0, 0.05) is 12.3 Å². The third kappa shape index (κ3) is 3.42. The van der Waals surface area contributed by atoms with Crippen molar-refractivity contribution < 1.29 is 9.21 Å². The minimum absolute atomic E-state index is 0.0769. The Morgan fingerprint density at radius 3 is 3.00 bits per heavy atom. The zero-order valence-electron chi connectivity index (χ0n) is 12.4. The molecule has 0 aliphatic rings. The topological polar surface area (TPSA) is 90.0 Å². The summed E-state index contributed by atoms with van der Waals surface area (Å²) in [6.45, 7) is 0.194. The van der Waals surface area contributed by atoms with Crippen molar-refractivity contribution in [1.82, 2.24) is 20.1 Å². The maximum Gasteiger partial charge on any atom is 0.257 e. The Morgan fingerprint density at radius 1 is 1.38 bits per heavy atom. The molecule has 8 heteroatoms. The van der Waals surface area contributed by atoms with Crippen LogP contribution in [0.25, 0.3) is 10.8 Å². The number of nitrogens with one attached hydrogen (secondary N) is 1. The maximum absolute atomic E-state index is 12.0. The molecule has 7 nitrogen and oxygen atoms in total. The third-order valence-electron chi connectivity index (χ3n) is 3.10. The van der Waals surface area contributed by atoms with E-state index >= 15 is 0 Å². The van der Waals surface area contributed by atoms with Crippen molar-refractivity contribution in [3.63, 3.8) is 0 Å². The first kappa shape index (κ1) is 15.7. The predicted octanol–water partition coefficient (Wildman–Crippen LogP) is 1.37. The summed E-state index contributed by atoms with van der Waals surface area (Å²) in [5.41, 5.74) is 0.0437. The summed E-state index contributed by atoms with van der Waals surface area (Å²) < 4.78 is 6.88.